The third-order valence-corrected chi connectivity index (χ3v) is 3.76. The molecule has 0 aliphatic heterocycles. The summed E-state index contributed by atoms with van der Waals surface area (Å²) in [6.45, 7) is 2.28. The van der Waals surface area contributed by atoms with Crippen molar-refractivity contribution in [3.05, 3.63) is 0 Å². The van der Waals surface area contributed by atoms with E-state index in [1.54, 1.807) is 0 Å². The van der Waals surface area contributed by atoms with Crippen LogP contribution in [-0.2, 0) is 0 Å². The van der Waals surface area contributed by atoms with Crippen LogP contribution in [0.5, 0.6) is 0 Å². The molecule has 0 rings (SSSR count). The Bertz CT molecular complexity index is 158. The van der Waals surface area contributed by atoms with Gasteiger partial charge in [0.25, 0.3) is 0 Å². The molecule has 0 aliphatic carbocycles. The molecule has 0 aromatic heterocycles. The van der Waals surface area contributed by atoms with Gasteiger partial charge in [0.15, 0.2) is 0 Å². The predicted octanol–water partition coefficient (Wildman–Crippen LogP) is 4.36. The smallest absolute Gasteiger partial charge is 0.0612 e. The van der Waals surface area contributed by atoms with Crippen molar-refractivity contribution in [3.63, 3.8) is 0 Å². The van der Waals surface area contributed by atoms with Gasteiger partial charge in [-0.15, -0.1) is 0 Å². The first-order valence-corrected chi connectivity index (χ1v) is 7.92. The first-order chi connectivity index (χ1) is 8.59. The standard InChI is InChI=1S/C16H36N2/c1-6-7-8-9-10-11-12-13-14-15-16(17(2)3)18(4)5/h16H,6-15H2,1-5H3. The summed E-state index contributed by atoms with van der Waals surface area (Å²) in [5.74, 6) is 0. The van der Waals surface area contributed by atoms with Gasteiger partial charge in [-0.25, -0.2) is 0 Å². The van der Waals surface area contributed by atoms with Crippen LogP contribution in [-0.4, -0.2) is 44.2 Å². The molecule has 18 heavy (non-hydrogen) atoms. The van der Waals surface area contributed by atoms with Gasteiger partial charge in [-0.05, 0) is 34.6 Å². The van der Waals surface area contributed by atoms with E-state index in [1.165, 1.54) is 64.2 Å². The second kappa shape index (κ2) is 12.0. The summed E-state index contributed by atoms with van der Waals surface area (Å²) in [6, 6.07) is 0. The average Bonchev–Trinajstić information content (AvgIpc) is 2.30. The van der Waals surface area contributed by atoms with Gasteiger partial charge in [-0.2, -0.15) is 0 Å². The molecule has 2 heteroatoms. The molecule has 0 heterocycles. The third-order valence-electron chi connectivity index (χ3n) is 3.76. The van der Waals surface area contributed by atoms with Crippen LogP contribution in [0.1, 0.15) is 71.1 Å². The maximum atomic E-state index is 2.32. The van der Waals surface area contributed by atoms with Gasteiger partial charge in [0.05, 0.1) is 6.17 Å². The van der Waals surface area contributed by atoms with Crippen LogP contribution >= 0.6 is 0 Å². The zero-order chi connectivity index (χ0) is 13.8. The molecule has 0 unspecified atom stereocenters. The van der Waals surface area contributed by atoms with Gasteiger partial charge in [-0.1, -0.05) is 64.7 Å². The molecule has 0 spiro atoms. The quantitative estimate of drug-likeness (QED) is 0.378. The molecule has 110 valence electrons. The Morgan fingerprint density at radius 1 is 0.611 bits per heavy atom. The molecule has 0 amide bonds. The molecular formula is C16H36N2. The predicted molar refractivity (Wildman–Crippen MR) is 83.0 cm³/mol. The van der Waals surface area contributed by atoms with Crippen LogP contribution in [0.4, 0.5) is 0 Å². The normalized spacial score (nSPS) is 12.0. The summed E-state index contributed by atoms with van der Waals surface area (Å²) < 4.78 is 0. The largest absolute Gasteiger partial charge is 0.294 e. The third kappa shape index (κ3) is 9.90. The number of rotatable bonds is 12. The van der Waals surface area contributed by atoms with Gasteiger partial charge in [0.2, 0.25) is 0 Å². The lowest BCUT2D eigenvalue weighted by atomic mass is 10.1. The van der Waals surface area contributed by atoms with Crippen LogP contribution < -0.4 is 0 Å². The zero-order valence-electron chi connectivity index (χ0n) is 13.5. The van der Waals surface area contributed by atoms with Crippen LogP contribution in [0.2, 0.25) is 0 Å². The average molecular weight is 256 g/mol. The monoisotopic (exact) mass is 256 g/mol. The molecule has 0 N–H and O–H groups in total. The highest BCUT2D eigenvalue weighted by molar-refractivity contribution is 4.63. The van der Waals surface area contributed by atoms with E-state index < -0.39 is 0 Å². The first-order valence-electron chi connectivity index (χ1n) is 7.92. The first kappa shape index (κ1) is 17.9. The molecule has 0 atom stereocenters. The van der Waals surface area contributed by atoms with Gasteiger partial charge < -0.3 is 0 Å². The molecule has 0 fully saturated rings. The van der Waals surface area contributed by atoms with E-state index in [0.717, 1.165) is 0 Å². The van der Waals surface area contributed by atoms with E-state index >= 15 is 0 Å². The number of unbranched alkanes of at least 4 members (excludes halogenated alkanes) is 8. The maximum Gasteiger partial charge on any atom is 0.0612 e. The van der Waals surface area contributed by atoms with Crippen LogP contribution in [0.15, 0.2) is 0 Å². The van der Waals surface area contributed by atoms with Gasteiger partial charge in [0, 0.05) is 0 Å². The molecule has 0 bridgehead atoms. The van der Waals surface area contributed by atoms with E-state index in [0.29, 0.717) is 6.17 Å². The summed E-state index contributed by atoms with van der Waals surface area (Å²) in [7, 11) is 8.72. The Morgan fingerprint density at radius 3 is 1.39 bits per heavy atom. The molecule has 0 aromatic rings. The summed E-state index contributed by atoms with van der Waals surface area (Å²) >= 11 is 0. The Labute approximate surface area is 116 Å². The summed E-state index contributed by atoms with van der Waals surface area (Å²) in [6.07, 6.45) is 14.7. The van der Waals surface area contributed by atoms with Crippen molar-refractivity contribution >= 4 is 0 Å². The van der Waals surface area contributed by atoms with E-state index in [2.05, 4.69) is 44.9 Å². The Kier molecular flexibility index (Phi) is 11.9. The lowest BCUT2D eigenvalue weighted by molar-refractivity contribution is 0.117. The molecular weight excluding hydrogens is 220 g/mol. The summed E-state index contributed by atoms with van der Waals surface area (Å²) in [4.78, 5) is 4.65. The van der Waals surface area contributed by atoms with Crippen molar-refractivity contribution in [1.29, 1.82) is 0 Å². The summed E-state index contributed by atoms with van der Waals surface area (Å²) in [5.41, 5.74) is 0. The zero-order valence-corrected chi connectivity index (χ0v) is 13.5. The molecule has 0 saturated carbocycles. The fraction of sp³-hybridized carbons (Fsp3) is 1.00. The minimum absolute atomic E-state index is 0.606. The van der Waals surface area contributed by atoms with Crippen molar-refractivity contribution in [3.8, 4) is 0 Å². The molecule has 0 saturated heterocycles. The number of hydrogen-bond acceptors (Lipinski definition) is 2. The van der Waals surface area contributed by atoms with Crippen LogP contribution in [0.3, 0.4) is 0 Å². The minimum atomic E-state index is 0.606. The Morgan fingerprint density at radius 2 is 1.00 bits per heavy atom. The van der Waals surface area contributed by atoms with Crippen LogP contribution in [0, 0.1) is 0 Å². The van der Waals surface area contributed by atoms with Crippen LogP contribution in [0.25, 0.3) is 0 Å². The molecule has 0 aromatic carbocycles. The Balaban J connectivity index is 3.33. The Hall–Kier alpha value is -0.0800. The van der Waals surface area contributed by atoms with Crippen molar-refractivity contribution < 1.29 is 0 Å². The van der Waals surface area contributed by atoms with E-state index in [1.807, 2.05) is 0 Å². The van der Waals surface area contributed by atoms with Crippen molar-refractivity contribution in [2.75, 3.05) is 28.2 Å². The lowest BCUT2D eigenvalue weighted by Gasteiger charge is -2.30. The van der Waals surface area contributed by atoms with Gasteiger partial charge in [0.1, 0.15) is 0 Å². The van der Waals surface area contributed by atoms with E-state index in [4.69, 9.17) is 0 Å². The topological polar surface area (TPSA) is 6.48 Å². The molecule has 2 nitrogen and oxygen atoms in total. The number of hydrogen-bond donors (Lipinski definition) is 0. The van der Waals surface area contributed by atoms with Crippen molar-refractivity contribution in [2.24, 2.45) is 0 Å². The van der Waals surface area contributed by atoms with E-state index in [-0.39, 0.29) is 0 Å². The molecule has 0 radical (unpaired) electrons. The van der Waals surface area contributed by atoms with Crippen molar-refractivity contribution in [2.45, 2.75) is 77.3 Å². The van der Waals surface area contributed by atoms with Gasteiger partial charge >= 0.3 is 0 Å². The minimum Gasteiger partial charge on any atom is -0.294 e. The fourth-order valence-electron chi connectivity index (χ4n) is 2.62. The fourth-order valence-corrected chi connectivity index (χ4v) is 2.62. The second-order valence-electron chi connectivity index (χ2n) is 6.02. The highest BCUT2D eigenvalue weighted by atomic mass is 15.3. The highest BCUT2D eigenvalue weighted by Gasteiger charge is 2.12. The number of nitrogens with zero attached hydrogens (tertiary/aromatic N) is 2. The molecule has 0 aliphatic rings. The second-order valence-corrected chi connectivity index (χ2v) is 6.02. The lowest BCUT2D eigenvalue weighted by Crippen LogP contribution is -2.40. The van der Waals surface area contributed by atoms with Crippen molar-refractivity contribution in [1.82, 2.24) is 9.80 Å². The van der Waals surface area contributed by atoms with Gasteiger partial charge in [-0.3, -0.25) is 9.80 Å². The highest BCUT2D eigenvalue weighted by Crippen LogP contribution is 2.13. The maximum absolute atomic E-state index is 2.32. The summed E-state index contributed by atoms with van der Waals surface area (Å²) in [5, 5.41) is 0. The van der Waals surface area contributed by atoms with E-state index in [9.17, 15) is 0 Å². The SMILES string of the molecule is CCCCCCCCCCCC(N(C)C)N(C)C.